The molecule has 0 radical (unpaired) electrons. The Balaban J connectivity index is 1.42. The number of rotatable bonds is 8. The first kappa shape index (κ1) is 23.6. The number of carbonyl (C=O) groups is 2. The van der Waals surface area contributed by atoms with Crippen molar-refractivity contribution in [3.05, 3.63) is 84.4 Å². The van der Waals surface area contributed by atoms with Gasteiger partial charge in [0.15, 0.2) is 0 Å². The maximum atomic E-state index is 12.9. The summed E-state index contributed by atoms with van der Waals surface area (Å²) in [5.74, 6) is -1.33. The molecule has 0 spiro atoms. The summed E-state index contributed by atoms with van der Waals surface area (Å²) in [6, 6.07) is 22.1. The van der Waals surface area contributed by atoms with Crippen LogP contribution in [0.5, 0.6) is 0 Å². The minimum Gasteiger partial charge on any atom is -0.378 e. The molecule has 0 aliphatic carbocycles. The van der Waals surface area contributed by atoms with Crippen LogP contribution in [0.4, 0.5) is 5.69 Å². The summed E-state index contributed by atoms with van der Waals surface area (Å²) in [5.41, 5.74) is 3.65. The summed E-state index contributed by atoms with van der Waals surface area (Å²) in [5, 5.41) is 0.640. The van der Waals surface area contributed by atoms with Crippen LogP contribution in [0.2, 0.25) is 0 Å². The van der Waals surface area contributed by atoms with Crippen LogP contribution in [0.3, 0.4) is 0 Å². The third kappa shape index (κ3) is 5.17. The van der Waals surface area contributed by atoms with E-state index in [1.807, 2.05) is 61.5 Å². The molecule has 0 aromatic heterocycles. The normalized spacial score (nSPS) is 16.2. The van der Waals surface area contributed by atoms with Gasteiger partial charge < -0.3 is 4.90 Å². The fourth-order valence-electron chi connectivity index (χ4n) is 3.58. The van der Waals surface area contributed by atoms with E-state index in [9.17, 15) is 18.0 Å². The predicted molar refractivity (Wildman–Crippen MR) is 128 cm³/mol. The van der Waals surface area contributed by atoms with E-state index in [0.29, 0.717) is 5.06 Å². The van der Waals surface area contributed by atoms with E-state index in [2.05, 4.69) is 4.72 Å². The Kier molecular flexibility index (Phi) is 6.78. The van der Waals surface area contributed by atoms with E-state index in [1.54, 1.807) is 24.3 Å². The van der Waals surface area contributed by atoms with Gasteiger partial charge in [-0.3, -0.25) is 14.4 Å². The second-order valence-electron chi connectivity index (χ2n) is 8.13. The fourth-order valence-corrected chi connectivity index (χ4v) is 4.77. The van der Waals surface area contributed by atoms with Crippen LogP contribution in [0.25, 0.3) is 11.1 Å². The van der Waals surface area contributed by atoms with Gasteiger partial charge in [0, 0.05) is 19.8 Å². The van der Waals surface area contributed by atoms with Crippen LogP contribution in [-0.2, 0) is 31.1 Å². The largest absolute Gasteiger partial charge is 0.378 e. The molecule has 4 rings (SSSR count). The lowest BCUT2D eigenvalue weighted by Gasteiger charge is -2.15. The van der Waals surface area contributed by atoms with Gasteiger partial charge in [-0.05, 0) is 41.0 Å². The minimum absolute atomic E-state index is 0.00469. The molecule has 9 heteroatoms. The number of carbonyl (C=O) groups excluding carboxylic acids is 2. The molecule has 1 N–H and O–H groups in total. The number of amides is 2. The molecular weight excluding hydrogens is 454 g/mol. The molecule has 1 fully saturated rings. The van der Waals surface area contributed by atoms with Crippen molar-refractivity contribution in [1.82, 2.24) is 9.79 Å². The average Bonchev–Trinajstić information content (AvgIpc) is 3.10. The number of hydrogen-bond acceptors (Lipinski definition) is 6. The van der Waals surface area contributed by atoms with Crippen LogP contribution in [0, 0.1) is 0 Å². The maximum absolute atomic E-state index is 12.9. The van der Waals surface area contributed by atoms with Crippen LogP contribution in [0.1, 0.15) is 12.0 Å². The Morgan fingerprint density at radius 2 is 1.50 bits per heavy atom. The molecule has 0 unspecified atom stereocenters. The number of hydroxylamine groups is 2. The third-order valence-electron chi connectivity index (χ3n) is 5.49. The summed E-state index contributed by atoms with van der Waals surface area (Å²) >= 11 is 0. The molecule has 1 aliphatic heterocycles. The molecule has 34 heavy (non-hydrogen) atoms. The van der Waals surface area contributed by atoms with Crippen molar-refractivity contribution < 1.29 is 22.8 Å². The van der Waals surface area contributed by atoms with Gasteiger partial charge in [-0.2, -0.15) is 9.79 Å². The Hall–Kier alpha value is -3.53. The Morgan fingerprint density at radius 3 is 2.09 bits per heavy atom. The Morgan fingerprint density at radius 1 is 0.912 bits per heavy atom. The van der Waals surface area contributed by atoms with Gasteiger partial charge in [-0.25, -0.2) is 8.42 Å². The van der Waals surface area contributed by atoms with Crippen LogP contribution in [0.15, 0.2) is 83.8 Å². The first-order valence-electron chi connectivity index (χ1n) is 10.7. The van der Waals surface area contributed by atoms with Crippen LogP contribution in [-0.4, -0.2) is 45.4 Å². The first-order valence-corrected chi connectivity index (χ1v) is 12.2. The molecule has 1 aliphatic rings. The number of benzene rings is 3. The highest BCUT2D eigenvalue weighted by Gasteiger charge is 2.42. The Labute approximate surface area is 198 Å². The Bertz CT molecular complexity index is 1270. The van der Waals surface area contributed by atoms with E-state index in [4.69, 9.17) is 4.84 Å². The zero-order valence-corrected chi connectivity index (χ0v) is 19.7. The van der Waals surface area contributed by atoms with Crippen molar-refractivity contribution in [1.29, 1.82) is 0 Å². The lowest BCUT2D eigenvalue weighted by atomic mass is 10.1. The van der Waals surface area contributed by atoms with Crippen molar-refractivity contribution in [3.8, 4) is 11.1 Å². The molecule has 1 atom stereocenters. The summed E-state index contributed by atoms with van der Waals surface area (Å²) in [6.45, 7) is 0.0226. The van der Waals surface area contributed by atoms with Crippen LogP contribution >= 0.6 is 0 Å². The van der Waals surface area contributed by atoms with Gasteiger partial charge in [0.2, 0.25) is 10.0 Å². The molecule has 1 saturated heterocycles. The van der Waals surface area contributed by atoms with E-state index >= 15 is 0 Å². The fraction of sp³-hybridized carbons (Fsp3) is 0.200. The van der Waals surface area contributed by atoms with Gasteiger partial charge in [-0.1, -0.05) is 54.6 Å². The third-order valence-corrected chi connectivity index (χ3v) is 6.97. The zero-order chi connectivity index (χ0) is 24.3. The molecule has 3 aromatic rings. The van der Waals surface area contributed by atoms with E-state index < -0.39 is 27.9 Å². The summed E-state index contributed by atoms with van der Waals surface area (Å²) < 4.78 is 28.0. The number of nitrogens with zero attached hydrogens (tertiary/aromatic N) is 2. The molecule has 8 nitrogen and oxygen atoms in total. The number of hydrogen-bond donors (Lipinski definition) is 1. The molecular formula is C25H25N3O5S. The maximum Gasteiger partial charge on any atom is 0.272 e. The van der Waals surface area contributed by atoms with E-state index in [-0.39, 0.29) is 17.9 Å². The average molecular weight is 480 g/mol. The van der Waals surface area contributed by atoms with Gasteiger partial charge in [-0.15, -0.1) is 0 Å². The number of imide groups is 1. The number of nitrogens with one attached hydrogen (secondary N) is 1. The molecule has 2 amide bonds. The lowest BCUT2D eigenvalue weighted by molar-refractivity contribution is -0.191. The van der Waals surface area contributed by atoms with Gasteiger partial charge >= 0.3 is 0 Å². The summed E-state index contributed by atoms with van der Waals surface area (Å²) in [6.07, 6.45) is -0.302. The standard InChI is InChI=1S/C25H25N3O5S/c1-27(2)21-12-8-19(9-13-21)20-10-14-22(15-11-20)34(31,32)26-23-16-24(29)28(25(23)30)33-17-18-6-4-3-5-7-18/h3-15,23,26H,16-17H2,1-2H3/t23-/m1/s1. The van der Waals surface area contributed by atoms with Gasteiger partial charge in [0.25, 0.3) is 11.8 Å². The molecule has 3 aromatic carbocycles. The molecule has 176 valence electrons. The second kappa shape index (κ2) is 9.76. The smallest absolute Gasteiger partial charge is 0.272 e. The van der Waals surface area contributed by atoms with Gasteiger partial charge in [0.1, 0.15) is 12.6 Å². The number of anilines is 1. The lowest BCUT2D eigenvalue weighted by Crippen LogP contribution is -2.41. The molecule has 0 saturated carbocycles. The molecule has 0 bridgehead atoms. The van der Waals surface area contributed by atoms with Gasteiger partial charge in [0.05, 0.1) is 11.3 Å². The van der Waals surface area contributed by atoms with Crippen molar-refractivity contribution in [3.63, 3.8) is 0 Å². The molecule has 1 heterocycles. The van der Waals surface area contributed by atoms with E-state index in [0.717, 1.165) is 22.4 Å². The van der Waals surface area contributed by atoms with Crippen molar-refractivity contribution in [2.75, 3.05) is 19.0 Å². The highest BCUT2D eigenvalue weighted by atomic mass is 32.2. The van der Waals surface area contributed by atoms with Crippen molar-refractivity contribution in [2.24, 2.45) is 0 Å². The van der Waals surface area contributed by atoms with Crippen molar-refractivity contribution >= 4 is 27.5 Å². The second-order valence-corrected chi connectivity index (χ2v) is 9.84. The number of sulfonamides is 1. The monoisotopic (exact) mass is 479 g/mol. The van der Waals surface area contributed by atoms with Crippen molar-refractivity contribution in [2.45, 2.75) is 24.0 Å². The zero-order valence-electron chi connectivity index (χ0n) is 18.8. The topological polar surface area (TPSA) is 96.0 Å². The minimum atomic E-state index is -4.02. The predicted octanol–water partition coefficient (Wildman–Crippen LogP) is 2.96. The highest BCUT2D eigenvalue weighted by Crippen LogP contribution is 2.24. The summed E-state index contributed by atoms with van der Waals surface area (Å²) in [7, 11) is -0.105. The first-order chi connectivity index (χ1) is 16.2. The highest BCUT2D eigenvalue weighted by molar-refractivity contribution is 7.89. The van der Waals surface area contributed by atoms with E-state index in [1.165, 1.54) is 12.1 Å². The van der Waals surface area contributed by atoms with Crippen LogP contribution < -0.4 is 9.62 Å². The summed E-state index contributed by atoms with van der Waals surface area (Å²) in [4.78, 5) is 32.2. The SMILES string of the molecule is CN(C)c1ccc(-c2ccc(S(=O)(=O)N[C@@H]3CC(=O)N(OCc4ccccc4)C3=O)cc2)cc1. The quantitative estimate of drug-likeness (QED) is 0.499.